The second-order valence-electron chi connectivity index (χ2n) is 18.1. The Morgan fingerprint density at radius 1 is 0.339 bits per heavy atom. The van der Waals surface area contributed by atoms with Crippen molar-refractivity contribution in [2.45, 2.75) is 31.1 Å². The monoisotopic (exact) mass is 755 g/mol. The van der Waals surface area contributed by atoms with Crippen LogP contribution in [0.3, 0.4) is 0 Å². The quantitative estimate of drug-likeness (QED) is 0.157. The lowest BCUT2D eigenvalue weighted by Gasteiger charge is -2.70. The van der Waals surface area contributed by atoms with Crippen LogP contribution in [-0.4, -0.2) is 0 Å². The van der Waals surface area contributed by atoms with Gasteiger partial charge in [-0.2, -0.15) is 0 Å². The van der Waals surface area contributed by atoms with E-state index in [2.05, 4.69) is 205 Å². The molecule has 5 aliphatic carbocycles. The molecule has 0 heterocycles. The molecule has 0 saturated heterocycles. The van der Waals surface area contributed by atoms with E-state index in [1.165, 1.54) is 87.0 Å². The lowest BCUT2D eigenvalue weighted by Crippen LogP contribution is -2.65. The van der Waals surface area contributed by atoms with Gasteiger partial charge in [-0.3, -0.25) is 0 Å². The second-order valence-corrected chi connectivity index (χ2v) is 18.1. The zero-order valence-electron chi connectivity index (χ0n) is 33.1. The Balaban J connectivity index is 0.888. The molecule has 2 unspecified atom stereocenters. The number of fused-ring (bicyclic) bond motifs is 8. The smallest absolute Gasteiger partial charge is 0.0468 e. The van der Waals surface area contributed by atoms with Gasteiger partial charge in [-0.1, -0.05) is 164 Å². The summed E-state index contributed by atoms with van der Waals surface area (Å²) >= 11 is 0. The maximum Gasteiger partial charge on any atom is 0.0468 e. The number of hydrogen-bond donors (Lipinski definition) is 0. The molecule has 0 amide bonds. The molecule has 2 spiro atoms. The summed E-state index contributed by atoms with van der Waals surface area (Å²) in [5, 5.41) is 0. The predicted molar refractivity (Wildman–Crippen MR) is 244 cm³/mol. The van der Waals surface area contributed by atoms with Crippen LogP contribution in [0.4, 0.5) is 17.1 Å². The zero-order chi connectivity index (χ0) is 38.7. The molecule has 4 saturated carbocycles. The van der Waals surface area contributed by atoms with Crippen molar-refractivity contribution in [3.8, 4) is 55.6 Å². The summed E-state index contributed by atoms with van der Waals surface area (Å²) in [5.74, 6) is 3.56. The molecule has 0 aliphatic heterocycles. The third kappa shape index (κ3) is 4.68. The summed E-state index contributed by atoms with van der Waals surface area (Å²) in [7, 11) is 0. The van der Waals surface area contributed by atoms with Gasteiger partial charge in [0.2, 0.25) is 0 Å². The van der Waals surface area contributed by atoms with E-state index < -0.39 is 0 Å². The Labute approximate surface area is 347 Å². The molecule has 282 valence electrons. The van der Waals surface area contributed by atoms with Gasteiger partial charge in [0.1, 0.15) is 0 Å². The van der Waals surface area contributed by atoms with Gasteiger partial charge in [-0.05, 0) is 158 Å². The van der Waals surface area contributed by atoms with E-state index in [1.54, 1.807) is 11.1 Å². The highest BCUT2D eigenvalue weighted by atomic mass is 15.1. The van der Waals surface area contributed by atoms with Crippen molar-refractivity contribution in [2.75, 3.05) is 4.90 Å². The van der Waals surface area contributed by atoms with Crippen molar-refractivity contribution >= 4 is 17.1 Å². The van der Waals surface area contributed by atoms with Gasteiger partial charge in [0.15, 0.2) is 0 Å². The second kappa shape index (κ2) is 12.5. The van der Waals surface area contributed by atoms with Crippen LogP contribution in [0.5, 0.6) is 0 Å². The highest BCUT2D eigenvalue weighted by molar-refractivity contribution is 5.88. The van der Waals surface area contributed by atoms with E-state index >= 15 is 0 Å². The summed E-state index contributed by atoms with van der Waals surface area (Å²) in [4.78, 5) is 2.47. The van der Waals surface area contributed by atoms with Gasteiger partial charge in [0.25, 0.3) is 0 Å². The molecule has 4 fully saturated rings. The van der Waals surface area contributed by atoms with Gasteiger partial charge in [-0.25, -0.2) is 0 Å². The van der Waals surface area contributed by atoms with Crippen molar-refractivity contribution < 1.29 is 0 Å². The number of anilines is 3. The van der Waals surface area contributed by atoms with Crippen molar-refractivity contribution in [1.29, 1.82) is 0 Å². The van der Waals surface area contributed by atoms with Crippen LogP contribution in [-0.2, 0) is 5.41 Å². The van der Waals surface area contributed by atoms with E-state index in [-0.39, 0.29) is 5.41 Å². The molecule has 5 aliphatic rings. The molecule has 1 nitrogen and oxygen atoms in total. The van der Waals surface area contributed by atoms with Crippen molar-refractivity contribution in [2.24, 2.45) is 29.1 Å². The Hall–Kier alpha value is -6.44. The number of benzene rings is 8. The number of hydrogen-bond acceptors (Lipinski definition) is 1. The molecule has 0 aromatic heterocycles. The van der Waals surface area contributed by atoms with E-state index in [1.807, 2.05) is 0 Å². The fraction of sp³-hybridized carbons (Fsp3) is 0.172. The maximum atomic E-state index is 2.56. The lowest BCUT2D eigenvalue weighted by molar-refractivity contribution is -0.193. The molecule has 0 N–H and O–H groups in total. The van der Waals surface area contributed by atoms with Gasteiger partial charge in [0, 0.05) is 22.5 Å². The van der Waals surface area contributed by atoms with Crippen molar-refractivity contribution in [3.05, 3.63) is 211 Å². The molecule has 0 radical (unpaired) electrons. The predicted octanol–water partition coefficient (Wildman–Crippen LogP) is 15.2. The average molecular weight is 756 g/mol. The van der Waals surface area contributed by atoms with Gasteiger partial charge >= 0.3 is 0 Å². The molecule has 8 aromatic rings. The molecule has 13 rings (SSSR count). The largest absolute Gasteiger partial charge is 0.310 e. The first-order valence-corrected chi connectivity index (χ1v) is 21.7. The van der Waals surface area contributed by atoms with E-state index in [4.69, 9.17) is 0 Å². The third-order valence-corrected chi connectivity index (χ3v) is 15.9. The summed E-state index contributed by atoms with van der Waals surface area (Å²) in [6.07, 6.45) is 5.81. The summed E-state index contributed by atoms with van der Waals surface area (Å²) in [5.41, 5.74) is 20.4. The molecule has 6 atom stereocenters. The third-order valence-electron chi connectivity index (χ3n) is 15.9. The van der Waals surface area contributed by atoms with Crippen LogP contribution in [0.2, 0.25) is 0 Å². The first-order valence-electron chi connectivity index (χ1n) is 21.7. The molecular formula is C58H45N. The standard InChI is InChI=1S/C58H45N/c1-3-9-38(10-4-1)40-15-19-42(20-16-40)44-23-27-49(28-24-44)59(50-29-25-45(26-30-50)43-21-17-41(18-22-43)39-11-5-2-6-12-39)51-31-32-55-53(36-51)52-13-7-8-14-54(52)58(55)48-34-46-33-47-35-56(58)57(46,47)37-48/h1-32,36,46-48,56H,33-35,37H2/t46-,47?,48-,56-,57?,58+/m1/s1. The van der Waals surface area contributed by atoms with Gasteiger partial charge in [0.05, 0.1) is 0 Å². The number of rotatable bonds is 7. The van der Waals surface area contributed by atoms with E-state index in [9.17, 15) is 0 Å². The van der Waals surface area contributed by atoms with Crippen molar-refractivity contribution in [3.63, 3.8) is 0 Å². The lowest BCUT2D eigenvalue weighted by atomic mass is 9.34. The normalized spacial score (nSPS) is 24.8. The van der Waals surface area contributed by atoms with Crippen LogP contribution < -0.4 is 4.90 Å². The first kappa shape index (κ1) is 33.5. The van der Waals surface area contributed by atoms with E-state index in [0.717, 1.165) is 35.0 Å². The minimum absolute atomic E-state index is 0.193. The van der Waals surface area contributed by atoms with Crippen LogP contribution in [0.15, 0.2) is 200 Å². The Morgan fingerprint density at radius 2 is 0.746 bits per heavy atom. The minimum Gasteiger partial charge on any atom is -0.310 e. The van der Waals surface area contributed by atoms with Crippen LogP contribution in [0.25, 0.3) is 55.6 Å². The van der Waals surface area contributed by atoms with Gasteiger partial charge < -0.3 is 4.90 Å². The van der Waals surface area contributed by atoms with Crippen molar-refractivity contribution in [1.82, 2.24) is 0 Å². The Morgan fingerprint density at radius 3 is 1.25 bits per heavy atom. The number of nitrogens with zero attached hydrogens (tertiary/aromatic N) is 1. The molecule has 59 heavy (non-hydrogen) atoms. The Kier molecular flexibility index (Phi) is 7.12. The fourth-order valence-electron chi connectivity index (χ4n) is 13.4. The minimum atomic E-state index is 0.193. The average Bonchev–Trinajstić information content (AvgIpc) is 3.91. The maximum absolute atomic E-state index is 2.56. The summed E-state index contributed by atoms with van der Waals surface area (Å²) in [6, 6.07) is 74.6. The molecular weight excluding hydrogens is 711 g/mol. The van der Waals surface area contributed by atoms with Crippen LogP contribution >= 0.6 is 0 Å². The van der Waals surface area contributed by atoms with Gasteiger partial charge in [-0.15, -0.1) is 0 Å². The van der Waals surface area contributed by atoms with E-state index in [0.29, 0.717) is 5.41 Å². The molecule has 8 aromatic carbocycles. The topological polar surface area (TPSA) is 3.24 Å². The highest BCUT2D eigenvalue weighted by Crippen LogP contribution is 2.88. The summed E-state index contributed by atoms with van der Waals surface area (Å²) < 4.78 is 0. The Bertz CT molecular complexity index is 2750. The fourth-order valence-corrected chi connectivity index (χ4v) is 13.4. The SMILES string of the molecule is c1ccc(-c2ccc(-c3ccc(N(c4ccc(-c5ccc(-c6ccccc6)cc5)cc4)c4ccc5c(c4)-c4ccccc4[C@@]54[C@@H]5C[C@H]6CC7C[C@@H]4C76C5)cc3)cc2)cc1. The zero-order valence-corrected chi connectivity index (χ0v) is 33.1. The highest BCUT2D eigenvalue weighted by Gasteiger charge is 2.82. The molecule has 1 heteroatoms. The first-order chi connectivity index (χ1) is 29.2. The summed E-state index contributed by atoms with van der Waals surface area (Å²) in [6.45, 7) is 0. The van der Waals surface area contributed by atoms with Crippen LogP contribution in [0, 0.1) is 29.1 Å². The van der Waals surface area contributed by atoms with Crippen LogP contribution in [0.1, 0.15) is 36.8 Å². The molecule has 2 bridgehead atoms.